The number of rotatable bonds is 4. The highest BCUT2D eigenvalue weighted by Gasteiger charge is 2.17. The molecule has 0 bridgehead atoms. The number of hydrogen-bond acceptors (Lipinski definition) is 5. The second kappa shape index (κ2) is 7.19. The average Bonchev–Trinajstić information content (AvgIpc) is 3.34. The van der Waals surface area contributed by atoms with Gasteiger partial charge in [-0.25, -0.2) is 4.98 Å². The minimum absolute atomic E-state index is 0.275. The van der Waals surface area contributed by atoms with E-state index in [0.717, 1.165) is 5.69 Å². The van der Waals surface area contributed by atoms with E-state index in [2.05, 4.69) is 15.4 Å². The van der Waals surface area contributed by atoms with E-state index in [1.807, 2.05) is 18.4 Å². The highest BCUT2D eigenvalue weighted by Crippen LogP contribution is 2.27. The summed E-state index contributed by atoms with van der Waals surface area (Å²) in [6, 6.07) is 10.1. The lowest BCUT2D eigenvalue weighted by molar-refractivity contribution is 0.102. The zero-order valence-corrected chi connectivity index (χ0v) is 16.3. The summed E-state index contributed by atoms with van der Waals surface area (Å²) < 4.78 is 6.95. The van der Waals surface area contributed by atoms with Crippen molar-refractivity contribution in [3.8, 4) is 16.6 Å². The molecule has 0 fully saturated rings. The Labute approximate surface area is 168 Å². The van der Waals surface area contributed by atoms with E-state index < -0.39 is 0 Å². The smallest absolute Gasteiger partial charge is 0.258 e. The molecule has 27 heavy (non-hydrogen) atoms. The number of thiazole rings is 1. The molecule has 0 radical (unpaired) electrons. The first-order valence-electron chi connectivity index (χ1n) is 7.84. The van der Waals surface area contributed by atoms with Gasteiger partial charge in [0.25, 0.3) is 5.91 Å². The number of aromatic nitrogens is 3. The van der Waals surface area contributed by atoms with Gasteiger partial charge in [-0.3, -0.25) is 4.79 Å². The van der Waals surface area contributed by atoms with Gasteiger partial charge in [-0.1, -0.05) is 23.2 Å². The Kier molecular flexibility index (Phi) is 4.73. The van der Waals surface area contributed by atoms with E-state index in [1.165, 1.54) is 17.4 Å². The fourth-order valence-corrected chi connectivity index (χ4v) is 3.76. The third-order valence-electron chi connectivity index (χ3n) is 3.70. The monoisotopic (exact) mass is 418 g/mol. The SMILES string of the molecule is Cc1cc(NC(=O)c2ccc(Cl)cc2Cl)n(-c2nc(-c3ccco3)cs2)n1. The fraction of sp³-hybridized carbons (Fsp3) is 0.0556. The maximum Gasteiger partial charge on any atom is 0.258 e. The Morgan fingerprint density at radius 2 is 2.11 bits per heavy atom. The van der Waals surface area contributed by atoms with Crippen molar-refractivity contribution in [3.63, 3.8) is 0 Å². The number of aryl methyl sites for hydroxylation is 1. The number of halogens is 2. The number of benzene rings is 1. The van der Waals surface area contributed by atoms with Crippen LogP contribution in [0.15, 0.2) is 52.5 Å². The standard InChI is InChI=1S/C18H12Cl2N4O2S/c1-10-7-16(22-17(25)12-5-4-11(19)8-13(12)20)24(23-10)18-21-14(9-27-18)15-3-2-6-26-15/h2-9H,1H3,(H,22,25). The number of hydrogen-bond donors (Lipinski definition) is 1. The van der Waals surface area contributed by atoms with Crippen LogP contribution in [-0.4, -0.2) is 20.7 Å². The highest BCUT2D eigenvalue weighted by molar-refractivity contribution is 7.12. The van der Waals surface area contributed by atoms with Crippen molar-refractivity contribution in [2.24, 2.45) is 0 Å². The molecular formula is C18H12Cl2N4O2S. The number of furan rings is 1. The molecule has 9 heteroatoms. The fourth-order valence-electron chi connectivity index (χ4n) is 2.49. The number of nitrogens with zero attached hydrogens (tertiary/aromatic N) is 3. The van der Waals surface area contributed by atoms with Crippen LogP contribution in [0.5, 0.6) is 0 Å². The van der Waals surface area contributed by atoms with Crippen molar-refractivity contribution in [2.45, 2.75) is 6.92 Å². The molecule has 0 aliphatic rings. The van der Waals surface area contributed by atoms with Gasteiger partial charge in [0.2, 0.25) is 5.13 Å². The van der Waals surface area contributed by atoms with Crippen LogP contribution in [0.25, 0.3) is 16.6 Å². The molecule has 3 aromatic heterocycles. The van der Waals surface area contributed by atoms with Crippen LogP contribution >= 0.6 is 34.5 Å². The molecule has 0 spiro atoms. The van der Waals surface area contributed by atoms with Crippen LogP contribution in [0.4, 0.5) is 5.82 Å². The third kappa shape index (κ3) is 3.62. The van der Waals surface area contributed by atoms with Gasteiger partial charge in [0.05, 0.1) is 22.5 Å². The van der Waals surface area contributed by atoms with Crippen molar-refractivity contribution in [1.82, 2.24) is 14.8 Å². The number of carbonyl (C=O) groups excluding carboxylic acids is 1. The zero-order chi connectivity index (χ0) is 19.0. The van der Waals surface area contributed by atoms with Crippen LogP contribution in [-0.2, 0) is 0 Å². The second-order valence-electron chi connectivity index (χ2n) is 5.65. The first-order chi connectivity index (χ1) is 13.0. The Bertz CT molecular complexity index is 1120. The molecule has 4 aromatic rings. The molecule has 0 aliphatic heterocycles. The lowest BCUT2D eigenvalue weighted by atomic mass is 10.2. The van der Waals surface area contributed by atoms with Gasteiger partial charge in [0, 0.05) is 16.5 Å². The van der Waals surface area contributed by atoms with Gasteiger partial charge < -0.3 is 9.73 Å². The van der Waals surface area contributed by atoms with Gasteiger partial charge in [0.15, 0.2) is 5.76 Å². The van der Waals surface area contributed by atoms with Crippen molar-refractivity contribution in [3.05, 3.63) is 69.3 Å². The number of amides is 1. The summed E-state index contributed by atoms with van der Waals surface area (Å²) in [4.78, 5) is 17.2. The summed E-state index contributed by atoms with van der Waals surface area (Å²) in [6.07, 6.45) is 1.59. The number of carbonyl (C=O) groups is 1. The summed E-state index contributed by atoms with van der Waals surface area (Å²) in [5, 5.41) is 10.5. The normalized spacial score (nSPS) is 10.9. The largest absolute Gasteiger partial charge is 0.463 e. The molecule has 0 saturated heterocycles. The van der Waals surface area contributed by atoms with E-state index >= 15 is 0 Å². The molecule has 136 valence electrons. The van der Waals surface area contributed by atoms with Crippen molar-refractivity contribution >= 4 is 46.3 Å². The average molecular weight is 419 g/mol. The molecular weight excluding hydrogens is 407 g/mol. The molecule has 0 saturated carbocycles. The molecule has 0 aliphatic carbocycles. The molecule has 1 amide bonds. The summed E-state index contributed by atoms with van der Waals surface area (Å²) in [5.74, 6) is 0.796. The van der Waals surface area contributed by atoms with E-state index in [9.17, 15) is 4.79 Å². The summed E-state index contributed by atoms with van der Waals surface area (Å²) >= 11 is 13.4. The number of nitrogens with one attached hydrogen (secondary N) is 1. The lowest BCUT2D eigenvalue weighted by Gasteiger charge is -2.08. The molecule has 4 rings (SSSR count). The van der Waals surface area contributed by atoms with E-state index in [0.29, 0.717) is 33.0 Å². The molecule has 1 N–H and O–H groups in total. The van der Waals surface area contributed by atoms with Gasteiger partial charge in [-0.2, -0.15) is 9.78 Å². The van der Waals surface area contributed by atoms with Crippen molar-refractivity contribution in [2.75, 3.05) is 5.32 Å². The van der Waals surface area contributed by atoms with Gasteiger partial charge in [-0.05, 0) is 37.3 Å². The van der Waals surface area contributed by atoms with Gasteiger partial charge in [0.1, 0.15) is 11.5 Å². The van der Waals surface area contributed by atoms with Crippen molar-refractivity contribution in [1.29, 1.82) is 0 Å². The Morgan fingerprint density at radius 1 is 1.26 bits per heavy atom. The minimum Gasteiger partial charge on any atom is -0.463 e. The molecule has 1 aromatic carbocycles. The molecule has 6 nitrogen and oxygen atoms in total. The van der Waals surface area contributed by atoms with Crippen molar-refractivity contribution < 1.29 is 9.21 Å². The van der Waals surface area contributed by atoms with E-state index in [4.69, 9.17) is 27.6 Å². The van der Waals surface area contributed by atoms with Crippen LogP contribution in [0.2, 0.25) is 10.0 Å². The number of anilines is 1. The van der Waals surface area contributed by atoms with Crippen LogP contribution < -0.4 is 5.32 Å². The predicted molar refractivity (Wildman–Crippen MR) is 106 cm³/mol. The first-order valence-corrected chi connectivity index (χ1v) is 9.47. The van der Waals surface area contributed by atoms with Crippen LogP contribution in [0, 0.1) is 6.92 Å². The van der Waals surface area contributed by atoms with Crippen LogP contribution in [0.3, 0.4) is 0 Å². The van der Waals surface area contributed by atoms with E-state index in [1.54, 1.807) is 35.2 Å². The maximum absolute atomic E-state index is 12.6. The minimum atomic E-state index is -0.361. The summed E-state index contributed by atoms with van der Waals surface area (Å²) in [6.45, 7) is 1.84. The molecule has 0 atom stereocenters. The Balaban J connectivity index is 1.64. The first kappa shape index (κ1) is 17.8. The molecule has 3 heterocycles. The zero-order valence-electron chi connectivity index (χ0n) is 13.9. The quantitative estimate of drug-likeness (QED) is 0.477. The third-order valence-corrected chi connectivity index (χ3v) is 5.06. The Hall–Kier alpha value is -2.61. The van der Waals surface area contributed by atoms with Gasteiger partial charge in [-0.15, -0.1) is 11.3 Å². The van der Waals surface area contributed by atoms with E-state index in [-0.39, 0.29) is 10.9 Å². The topological polar surface area (TPSA) is 73.0 Å². The maximum atomic E-state index is 12.6. The second-order valence-corrected chi connectivity index (χ2v) is 7.33. The predicted octanol–water partition coefficient (Wildman–Crippen LogP) is 5.46. The summed E-state index contributed by atoms with van der Waals surface area (Å²) in [7, 11) is 0. The van der Waals surface area contributed by atoms with Gasteiger partial charge >= 0.3 is 0 Å². The highest BCUT2D eigenvalue weighted by atomic mass is 35.5. The van der Waals surface area contributed by atoms with Crippen LogP contribution in [0.1, 0.15) is 16.1 Å². The lowest BCUT2D eigenvalue weighted by Crippen LogP contribution is -2.15. The molecule has 0 unspecified atom stereocenters. The Morgan fingerprint density at radius 3 is 2.85 bits per heavy atom. The summed E-state index contributed by atoms with van der Waals surface area (Å²) in [5.41, 5.74) is 1.76.